The lowest BCUT2D eigenvalue weighted by atomic mass is 10.1. The Labute approximate surface area is 174 Å². The fraction of sp³-hybridized carbons (Fsp3) is 0.316. The van der Waals surface area contributed by atoms with Gasteiger partial charge in [0.05, 0.1) is 23.8 Å². The molecule has 0 bridgehead atoms. The molecule has 0 atom stereocenters. The number of fused-ring (bicyclic) bond motifs is 1. The van der Waals surface area contributed by atoms with Gasteiger partial charge in [-0.25, -0.2) is 9.50 Å². The van der Waals surface area contributed by atoms with Crippen molar-refractivity contribution in [2.45, 2.75) is 31.6 Å². The number of hydrogen-bond acceptors (Lipinski definition) is 6. The van der Waals surface area contributed by atoms with Crippen LogP contribution in [0.5, 0.6) is 0 Å². The normalized spacial score (nSPS) is 11.5. The van der Waals surface area contributed by atoms with E-state index in [-0.39, 0.29) is 24.4 Å². The molecule has 30 heavy (non-hydrogen) atoms. The molecule has 0 unspecified atom stereocenters. The van der Waals surface area contributed by atoms with Crippen molar-refractivity contribution >= 4 is 29.1 Å². The molecule has 156 valence electrons. The van der Waals surface area contributed by atoms with E-state index in [9.17, 15) is 18.0 Å². The molecule has 0 radical (unpaired) electrons. The molecule has 3 aromatic rings. The molecule has 0 saturated heterocycles. The highest BCUT2D eigenvalue weighted by atomic mass is 32.2. The van der Waals surface area contributed by atoms with E-state index in [2.05, 4.69) is 15.1 Å². The van der Waals surface area contributed by atoms with Gasteiger partial charge in [-0.3, -0.25) is 4.79 Å². The van der Waals surface area contributed by atoms with Crippen LogP contribution in [0, 0.1) is 25.2 Å². The van der Waals surface area contributed by atoms with Crippen molar-refractivity contribution in [2.24, 2.45) is 0 Å². The fourth-order valence-corrected chi connectivity index (χ4v) is 3.52. The summed E-state index contributed by atoms with van der Waals surface area (Å²) in [6, 6.07) is 8.24. The zero-order chi connectivity index (χ0) is 21.9. The molecule has 0 aliphatic heterocycles. The molecule has 2 aromatic heterocycles. The summed E-state index contributed by atoms with van der Waals surface area (Å²) in [5.74, 6) is -0.146. The van der Waals surface area contributed by atoms with E-state index in [0.717, 1.165) is 35.3 Å². The average molecular weight is 434 g/mol. The molecule has 2 heterocycles. The largest absolute Gasteiger partial charge is 0.416 e. The number of rotatable bonds is 6. The highest BCUT2D eigenvalue weighted by molar-refractivity contribution is 7.99. The number of hydrogen-bond donors (Lipinski definition) is 0. The summed E-state index contributed by atoms with van der Waals surface area (Å²) in [5.41, 5.74) is 0.846. The second-order valence-corrected chi connectivity index (χ2v) is 7.38. The molecule has 0 aliphatic carbocycles. The number of benzene rings is 1. The van der Waals surface area contributed by atoms with Crippen molar-refractivity contribution < 1.29 is 18.0 Å². The predicted octanol–water partition coefficient (Wildman–Crippen LogP) is 3.80. The quantitative estimate of drug-likeness (QED) is 0.549. The summed E-state index contributed by atoms with van der Waals surface area (Å²) < 4.78 is 40.6. The predicted molar refractivity (Wildman–Crippen MR) is 105 cm³/mol. The third kappa shape index (κ3) is 4.88. The SMILES string of the molecule is Cc1cc(C)n2nc(SCC(=O)N(CCC#N)c3cccc(C(F)(F)F)c3)nc2n1. The van der Waals surface area contributed by atoms with E-state index in [1.807, 2.05) is 26.0 Å². The molecular formula is C19H17F3N6OS. The van der Waals surface area contributed by atoms with Crippen molar-refractivity contribution in [3.8, 4) is 6.07 Å². The number of alkyl halides is 3. The standard InChI is InChI=1S/C19H17F3N6OS/c1-12-9-13(2)28-17(24-12)25-18(26-28)30-11-16(29)27(8-4-7-23)15-6-3-5-14(10-15)19(20,21)22/h3,5-6,9-10H,4,8,11H2,1-2H3. The summed E-state index contributed by atoms with van der Waals surface area (Å²) in [7, 11) is 0. The van der Waals surface area contributed by atoms with Gasteiger partial charge in [0.15, 0.2) is 0 Å². The van der Waals surface area contributed by atoms with Crippen molar-refractivity contribution in [2.75, 3.05) is 17.2 Å². The van der Waals surface area contributed by atoms with Crippen molar-refractivity contribution in [3.05, 3.63) is 47.3 Å². The summed E-state index contributed by atoms with van der Waals surface area (Å²) >= 11 is 1.06. The Morgan fingerprint density at radius 2 is 2.03 bits per heavy atom. The summed E-state index contributed by atoms with van der Waals surface area (Å²) in [6.45, 7) is 3.67. The zero-order valence-electron chi connectivity index (χ0n) is 16.1. The third-order valence-electron chi connectivity index (χ3n) is 4.16. The Bertz CT molecular complexity index is 1120. The Morgan fingerprint density at radius 3 is 2.73 bits per heavy atom. The van der Waals surface area contributed by atoms with E-state index < -0.39 is 17.6 Å². The fourth-order valence-electron chi connectivity index (χ4n) is 2.82. The number of halogens is 3. The average Bonchev–Trinajstić information content (AvgIpc) is 3.09. The van der Waals surface area contributed by atoms with Crippen LogP contribution in [-0.2, 0) is 11.0 Å². The maximum absolute atomic E-state index is 13.0. The van der Waals surface area contributed by atoms with Gasteiger partial charge in [0.1, 0.15) is 0 Å². The maximum Gasteiger partial charge on any atom is 0.416 e. The van der Waals surface area contributed by atoms with Crippen molar-refractivity contribution in [1.29, 1.82) is 5.26 Å². The number of amides is 1. The van der Waals surface area contributed by atoms with Crippen LogP contribution in [0.25, 0.3) is 5.78 Å². The van der Waals surface area contributed by atoms with Crippen LogP contribution in [0.15, 0.2) is 35.5 Å². The third-order valence-corrected chi connectivity index (χ3v) is 4.98. The lowest BCUT2D eigenvalue weighted by molar-refractivity contribution is -0.137. The van der Waals surface area contributed by atoms with E-state index >= 15 is 0 Å². The number of carbonyl (C=O) groups excluding carboxylic acids is 1. The number of carbonyl (C=O) groups is 1. The second kappa shape index (κ2) is 8.71. The number of anilines is 1. The number of aromatic nitrogens is 4. The van der Waals surface area contributed by atoms with Gasteiger partial charge in [0, 0.05) is 23.6 Å². The molecule has 1 aromatic carbocycles. The first-order chi connectivity index (χ1) is 14.2. The van der Waals surface area contributed by atoms with Gasteiger partial charge in [0.2, 0.25) is 11.1 Å². The van der Waals surface area contributed by atoms with Gasteiger partial charge in [-0.15, -0.1) is 5.10 Å². The van der Waals surface area contributed by atoms with Crippen LogP contribution >= 0.6 is 11.8 Å². The molecule has 0 spiro atoms. The summed E-state index contributed by atoms with van der Waals surface area (Å²) in [6.07, 6.45) is -4.54. The number of aryl methyl sites for hydroxylation is 2. The number of thioether (sulfide) groups is 1. The minimum atomic E-state index is -4.53. The number of nitrogens with zero attached hydrogens (tertiary/aromatic N) is 6. The molecular weight excluding hydrogens is 417 g/mol. The van der Waals surface area contributed by atoms with Crippen LogP contribution < -0.4 is 4.90 Å². The first-order valence-corrected chi connectivity index (χ1v) is 9.86. The smallest absolute Gasteiger partial charge is 0.311 e. The van der Waals surface area contributed by atoms with Crippen LogP contribution in [0.1, 0.15) is 23.4 Å². The topological polar surface area (TPSA) is 87.2 Å². The van der Waals surface area contributed by atoms with Gasteiger partial charge in [-0.2, -0.15) is 23.4 Å². The Morgan fingerprint density at radius 1 is 1.27 bits per heavy atom. The van der Waals surface area contributed by atoms with E-state index in [4.69, 9.17) is 5.26 Å². The van der Waals surface area contributed by atoms with Crippen LogP contribution in [0.4, 0.5) is 18.9 Å². The van der Waals surface area contributed by atoms with Gasteiger partial charge < -0.3 is 4.90 Å². The monoisotopic (exact) mass is 434 g/mol. The molecule has 7 nitrogen and oxygen atoms in total. The van der Waals surface area contributed by atoms with Crippen LogP contribution in [0.2, 0.25) is 0 Å². The Balaban J connectivity index is 1.79. The molecule has 0 aliphatic rings. The van der Waals surface area contributed by atoms with E-state index in [1.165, 1.54) is 17.0 Å². The Kier molecular flexibility index (Phi) is 6.26. The molecule has 0 fully saturated rings. The van der Waals surface area contributed by atoms with E-state index in [1.54, 1.807) is 4.52 Å². The first-order valence-electron chi connectivity index (χ1n) is 8.87. The van der Waals surface area contributed by atoms with Gasteiger partial charge in [-0.05, 0) is 38.1 Å². The zero-order valence-corrected chi connectivity index (χ0v) is 17.0. The van der Waals surface area contributed by atoms with Gasteiger partial charge >= 0.3 is 6.18 Å². The molecule has 11 heteroatoms. The minimum Gasteiger partial charge on any atom is -0.311 e. The molecule has 0 N–H and O–H groups in total. The highest BCUT2D eigenvalue weighted by Crippen LogP contribution is 2.32. The number of nitriles is 1. The molecule has 0 saturated carbocycles. The first kappa shape index (κ1) is 21.6. The lowest BCUT2D eigenvalue weighted by Crippen LogP contribution is -2.33. The molecule has 3 rings (SSSR count). The van der Waals surface area contributed by atoms with E-state index in [0.29, 0.717) is 10.9 Å². The Hall–Kier alpha value is -3.13. The molecule has 1 amide bonds. The lowest BCUT2D eigenvalue weighted by Gasteiger charge is -2.22. The van der Waals surface area contributed by atoms with Gasteiger partial charge in [-0.1, -0.05) is 17.8 Å². The van der Waals surface area contributed by atoms with Crippen LogP contribution in [-0.4, -0.2) is 37.8 Å². The van der Waals surface area contributed by atoms with Gasteiger partial charge in [0.25, 0.3) is 5.78 Å². The highest BCUT2D eigenvalue weighted by Gasteiger charge is 2.31. The second-order valence-electron chi connectivity index (χ2n) is 6.44. The minimum absolute atomic E-state index is 0.0122. The van der Waals surface area contributed by atoms with Crippen LogP contribution in [0.3, 0.4) is 0 Å². The maximum atomic E-state index is 13.0. The van der Waals surface area contributed by atoms with Crippen molar-refractivity contribution in [3.63, 3.8) is 0 Å². The van der Waals surface area contributed by atoms with Crippen molar-refractivity contribution in [1.82, 2.24) is 19.6 Å². The summed E-state index contributed by atoms with van der Waals surface area (Å²) in [4.78, 5) is 22.5. The summed E-state index contributed by atoms with van der Waals surface area (Å²) in [5, 5.41) is 13.5.